The maximum atomic E-state index is 12.7. The fourth-order valence-corrected chi connectivity index (χ4v) is 3.05. The number of ether oxygens (including phenoxy) is 1. The second-order valence-corrected chi connectivity index (χ2v) is 5.43. The number of nitrogens with one attached hydrogen (secondary N) is 1. The van der Waals surface area contributed by atoms with Gasteiger partial charge in [0.25, 0.3) is 0 Å². The zero-order chi connectivity index (χ0) is 13.9. The van der Waals surface area contributed by atoms with Gasteiger partial charge < -0.3 is 15.0 Å². The Kier molecular flexibility index (Phi) is 3.98. The predicted molar refractivity (Wildman–Crippen MR) is 75.1 cm³/mol. The van der Waals surface area contributed by atoms with Gasteiger partial charge in [-0.05, 0) is 18.2 Å². The molecule has 1 aromatic rings. The van der Waals surface area contributed by atoms with E-state index in [1.807, 2.05) is 17.2 Å². The molecule has 0 spiro atoms. The number of rotatable bonds is 3. The van der Waals surface area contributed by atoms with Crippen molar-refractivity contribution in [2.24, 2.45) is 5.92 Å². The zero-order valence-corrected chi connectivity index (χ0v) is 11.8. The standard InChI is InChI=1S/C15H21N3O2/c1-2-16-14-10-20-9-12(14)15(19)18-7-5-13-11(8-18)4-3-6-17-13/h3-4,6,12,14,16H,2,5,7-10H2,1H3. The SMILES string of the molecule is CCNC1COCC1C(=O)N1CCc2ncccc2C1. The van der Waals surface area contributed by atoms with E-state index in [4.69, 9.17) is 4.74 Å². The Balaban J connectivity index is 1.69. The van der Waals surface area contributed by atoms with Gasteiger partial charge in [-0.3, -0.25) is 9.78 Å². The number of pyridine rings is 1. The topological polar surface area (TPSA) is 54.5 Å². The molecular formula is C15H21N3O2. The molecule has 1 fully saturated rings. The average Bonchev–Trinajstić information content (AvgIpc) is 2.94. The zero-order valence-electron chi connectivity index (χ0n) is 11.8. The largest absolute Gasteiger partial charge is 0.379 e. The molecule has 2 aliphatic rings. The van der Waals surface area contributed by atoms with Crippen LogP contribution in [0.1, 0.15) is 18.2 Å². The minimum Gasteiger partial charge on any atom is -0.379 e. The quantitative estimate of drug-likeness (QED) is 0.877. The van der Waals surface area contributed by atoms with E-state index >= 15 is 0 Å². The molecular weight excluding hydrogens is 254 g/mol. The van der Waals surface area contributed by atoms with E-state index in [-0.39, 0.29) is 17.9 Å². The van der Waals surface area contributed by atoms with Gasteiger partial charge in [0.1, 0.15) is 0 Å². The summed E-state index contributed by atoms with van der Waals surface area (Å²) in [5.41, 5.74) is 2.30. The van der Waals surface area contributed by atoms with Gasteiger partial charge >= 0.3 is 0 Å². The number of hydrogen-bond donors (Lipinski definition) is 1. The van der Waals surface area contributed by atoms with Crippen molar-refractivity contribution in [3.05, 3.63) is 29.6 Å². The van der Waals surface area contributed by atoms with Crippen molar-refractivity contribution in [3.63, 3.8) is 0 Å². The molecule has 1 amide bonds. The van der Waals surface area contributed by atoms with E-state index in [1.54, 1.807) is 0 Å². The number of fused-ring (bicyclic) bond motifs is 1. The molecule has 1 saturated heterocycles. The summed E-state index contributed by atoms with van der Waals surface area (Å²) in [5.74, 6) is 0.163. The highest BCUT2D eigenvalue weighted by molar-refractivity contribution is 5.80. The third-order valence-electron chi connectivity index (χ3n) is 4.14. The van der Waals surface area contributed by atoms with Gasteiger partial charge in [-0.15, -0.1) is 0 Å². The molecule has 0 aliphatic carbocycles. The molecule has 0 bridgehead atoms. The second-order valence-electron chi connectivity index (χ2n) is 5.43. The summed E-state index contributed by atoms with van der Waals surface area (Å²) in [6.07, 6.45) is 2.67. The molecule has 3 rings (SSSR count). The van der Waals surface area contributed by atoms with Crippen LogP contribution in [-0.2, 0) is 22.5 Å². The summed E-state index contributed by atoms with van der Waals surface area (Å²) in [5, 5.41) is 3.35. The Morgan fingerprint density at radius 3 is 3.30 bits per heavy atom. The van der Waals surface area contributed by atoms with Crippen LogP contribution in [-0.4, -0.2) is 48.1 Å². The summed E-state index contributed by atoms with van der Waals surface area (Å²) in [4.78, 5) is 19.0. The van der Waals surface area contributed by atoms with Crippen molar-refractivity contribution in [2.45, 2.75) is 25.9 Å². The summed E-state index contributed by atoms with van der Waals surface area (Å²) in [7, 11) is 0. The molecule has 2 unspecified atom stereocenters. The van der Waals surface area contributed by atoms with Crippen molar-refractivity contribution in [1.82, 2.24) is 15.2 Å². The lowest BCUT2D eigenvalue weighted by atomic mass is 9.99. The van der Waals surface area contributed by atoms with Gasteiger partial charge in [0, 0.05) is 37.4 Å². The van der Waals surface area contributed by atoms with E-state index in [9.17, 15) is 4.79 Å². The molecule has 0 aromatic carbocycles. The van der Waals surface area contributed by atoms with Crippen molar-refractivity contribution >= 4 is 5.91 Å². The normalized spacial score (nSPS) is 25.6. The van der Waals surface area contributed by atoms with Gasteiger partial charge in [0.05, 0.1) is 19.1 Å². The number of aromatic nitrogens is 1. The first-order chi connectivity index (χ1) is 9.79. The number of amides is 1. The summed E-state index contributed by atoms with van der Waals surface area (Å²) < 4.78 is 5.48. The lowest BCUT2D eigenvalue weighted by molar-refractivity contribution is -0.137. The molecule has 1 N–H and O–H groups in total. The van der Waals surface area contributed by atoms with Crippen molar-refractivity contribution in [2.75, 3.05) is 26.3 Å². The van der Waals surface area contributed by atoms with Gasteiger partial charge in [-0.25, -0.2) is 0 Å². The predicted octanol–water partition coefficient (Wildman–Crippen LogP) is 0.591. The maximum Gasteiger partial charge on any atom is 0.230 e. The Morgan fingerprint density at radius 2 is 2.45 bits per heavy atom. The molecule has 3 heterocycles. The Labute approximate surface area is 119 Å². The van der Waals surface area contributed by atoms with Crippen LogP contribution < -0.4 is 5.32 Å². The molecule has 0 radical (unpaired) electrons. The highest BCUT2D eigenvalue weighted by Crippen LogP contribution is 2.22. The van der Waals surface area contributed by atoms with E-state index in [2.05, 4.69) is 23.3 Å². The highest BCUT2D eigenvalue weighted by Gasteiger charge is 2.36. The van der Waals surface area contributed by atoms with Crippen LogP contribution in [0.5, 0.6) is 0 Å². The smallest absolute Gasteiger partial charge is 0.230 e. The highest BCUT2D eigenvalue weighted by atomic mass is 16.5. The van der Waals surface area contributed by atoms with Crippen LogP contribution in [0.15, 0.2) is 18.3 Å². The van der Waals surface area contributed by atoms with Gasteiger partial charge in [0.15, 0.2) is 0 Å². The van der Waals surface area contributed by atoms with E-state index in [0.29, 0.717) is 19.8 Å². The van der Waals surface area contributed by atoms with Crippen LogP contribution in [0, 0.1) is 5.92 Å². The van der Waals surface area contributed by atoms with Crippen molar-refractivity contribution in [1.29, 1.82) is 0 Å². The fraction of sp³-hybridized carbons (Fsp3) is 0.600. The average molecular weight is 275 g/mol. The van der Waals surface area contributed by atoms with E-state index in [0.717, 1.165) is 25.2 Å². The fourth-order valence-electron chi connectivity index (χ4n) is 3.05. The number of carbonyl (C=O) groups is 1. The van der Waals surface area contributed by atoms with E-state index in [1.165, 1.54) is 5.56 Å². The molecule has 5 heteroatoms. The molecule has 20 heavy (non-hydrogen) atoms. The number of hydrogen-bond acceptors (Lipinski definition) is 4. The Hall–Kier alpha value is -1.46. The number of likely N-dealkylation sites (N-methyl/N-ethyl adjacent to an activating group) is 1. The lowest BCUT2D eigenvalue weighted by Gasteiger charge is -2.31. The van der Waals surface area contributed by atoms with Crippen LogP contribution in [0.25, 0.3) is 0 Å². The maximum absolute atomic E-state index is 12.7. The van der Waals surface area contributed by atoms with Crippen LogP contribution in [0.3, 0.4) is 0 Å². The van der Waals surface area contributed by atoms with Gasteiger partial charge in [-0.1, -0.05) is 13.0 Å². The molecule has 2 atom stereocenters. The van der Waals surface area contributed by atoms with Gasteiger partial charge in [0.2, 0.25) is 5.91 Å². The summed E-state index contributed by atoms with van der Waals surface area (Å²) >= 11 is 0. The Morgan fingerprint density at radius 1 is 1.55 bits per heavy atom. The molecule has 0 saturated carbocycles. The number of nitrogens with zero attached hydrogens (tertiary/aromatic N) is 2. The first-order valence-electron chi connectivity index (χ1n) is 7.32. The molecule has 2 aliphatic heterocycles. The third kappa shape index (κ3) is 2.55. The monoisotopic (exact) mass is 275 g/mol. The van der Waals surface area contributed by atoms with Crippen molar-refractivity contribution < 1.29 is 9.53 Å². The lowest BCUT2D eigenvalue weighted by Crippen LogP contribution is -2.47. The second kappa shape index (κ2) is 5.89. The third-order valence-corrected chi connectivity index (χ3v) is 4.14. The molecule has 1 aromatic heterocycles. The van der Waals surface area contributed by atoms with Crippen molar-refractivity contribution in [3.8, 4) is 0 Å². The first kappa shape index (κ1) is 13.5. The Bertz CT molecular complexity index is 492. The molecule has 108 valence electrons. The van der Waals surface area contributed by atoms with Crippen LogP contribution in [0.4, 0.5) is 0 Å². The minimum atomic E-state index is -0.0480. The summed E-state index contributed by atoms with van der Waals surface area (Å²) in [6, 6.07) is 4.16. The first-order valence-corrected chi connectivity index (χ1v) is 7.32. The van der Waals surface area contributed by atoms with E-state index < -0.39 is 0 Å². The molecule has 5 nitrogen and oxygen atoms in total. The van der Waals surface area contributed by atoms with Crippen LogP contribution in [0.2, 0.25) is 0 Å². The number of carbonyl (C=O) groups excluding carboxylic acids is 1. The minimum absolute atomic E-state index is 0.0480. The summed E-state index contributed by atoms with van der Waals surface area (Å²) in [6.45, 7) is 5.53. The van der Waals surface area contributed by atoms with Gasteiger partial charge in [-0.2, -0.15) is 0 Å². The van der Waals surface area contributed by atoms with Crippen LogP contribution >= 0.6 is 0 Å².